The third-order valence-electron chi connectivity index (χ3n) is 7.70. The minimum absolute atomic E-state index is 0.198. The summed E-state index contributed by atoms with van der Waals surface area (Å²) in [5.41, 5.74) is 4.97. The van der Waals surface area contributed by atoms with Crippen LogP contribution in [-0.2, 0) is 11.3 Å². The van der Waals surface area contributed by atoms with Gasteiger partial charge in [-0.3, -0.25) is 14.2 Å². The van der Waals surface area contributed by atoms with Crippen molar-refractivity contribution in [1.29, 1.82) is 5.26 Å². The van der Waals surface area contributed by atoms with E-state index in [0.717, 1.165) is 26.9 Å². The zero-order valence-corrected chi connectivity index (χ0v) is 25.2. The molecule has 0 bridgehead atoms. The van der Waals surface area contributed by atoms with E-state index in [0.29, 0.717) is 38.4 Å². The molecule has 0 saturated carbocycles. The molecule has 1 aliphatic heterocycles. The summed E-state index contributed by atoms with van der Waals surface area (Å²) < 4.78 is 4.29. The maximum Gasteiger partial charge on any atom is 0.271 e. The Labute approximate surface area is 260 Å². The van der Waals surface area contributed by atoms with Gasteiger partial charge in [0.25, 0.3) is 11.5 Å². The van der Waals surface area contributed by atoms with E-state index < -0.39 is 6.04 Å². The highest BCUT2D eigenvalue weighted by Gasteiger charge is 2.33. The number of carbonyl (C=O) groups excluding carboxylic acids is 1. The van der Waals surface area contributed by atoms with Gasteiger partial charge in [0.2, 0.25) is 0 Å². The van der Waals surface area contributed by atoms with Crippen molar-refractivity contribution in [2.24, 2.45) is 4.99 Å². The number of aromatic nitrogens is 2. The Morgan fingerprint density at radius 1 is 1.02 bits per heavy atom. The molecule has 7 rings (SSSR count). The molecule has 1 aliphatic rings. The zero-order valence-electron chi connectivity index (χ0n) is 23.6. The fourth-order valence-electron chi connectivity index (χ4n) is 5.66. The molecule has 9 heteroatoms. The average molecular weight is 612 g/mol. The second-order valence-corrected chi connectivity index (χ2v) is 12.4. The smallest absolute Gasteiger partial charge is 0.271 e. The van der Waals surface area contributed by atoms with Crippen molar-refractivity contribution < 1.29 is 4.79 Å². The number of allylic oxidation sites excluding steroid dienone is 1. The van der Waals surface area contributed by atoms with Crippen LogP contribution in [0.1, 0.15) is 34.5 Å². The molecule has 0 saturated heterocycles. The molecular weight excluding hydrogens is 587 g/mol. The highest BCUT2D eigenvalue weighted by atomic mass is 32.1. The Bertz CT molecular complexity index is 2300. The SMILES string of the molecule is CC1=C(C(=O)Nc2ccccc2)[C@H](c2cccs2)n2c(s/c(=C/c3cn(Cc4ccccc4C#N)c4ccccc34)c2=O)=N1. The third kappa shape index (κ3) is 4.90. The number of rotatable bonds is 6. The van der Waals surface area contributed by atoms with E-state index in [1.54, 1.807) is 4.57 Å². The minimum atomic E-state index is -0.596. The van der Waals surface area contributed by atoms with Crippen molar-refractivity contribution in [2.75, 3.05) is 5.32 Å². The molecule has 1 N–H and O–H groups in total. The van der Waals surface area contributed by atoms with E-state index in [1.807, 2.05) is 116 Å². The van der Waals surface area contributed by atoms with Crippen molar-refractivity contribution in [1.82, 2.24) is 9.13 Å². The number of thiophene rings is 1. The number of anilines is 1. The van der Waals surface area contributed by atoms with Gasteiger partial charge in [0.15, 0.2) is 4.80 Å². The van der Waals surface area contributed by atoms with Gasteiger partial charge in [-0.1, -0.05) is 72.0 Å². The highest BCUT2D eigenvalue weighted by Crippen LogP contribution is 2.33. The molecule has 214 valence electrons. The van der Waals surface area contributed by atoms with Crippen LogP contribution < -0.4 is 20.2 Å². The topological polar surface area (TPSA) is 92.2 Å². The number of hydrogen-bond donors (Lipinski definition) is 1. The molecule has 1 atom stereocenters. The standard InChI is InChI=1S/C35H25N5O2S2/c1-22-31(33(41)38-26-12-3-2-4-13-26)32(29-16-9-17-43-29)40-34(42)30(44-35(40)37-22)18-25-21-39(28-15-8-7-14-27(25)28)20-24-11-6-5-10-23(24)19-36/h2-18,21,32H,20H2,1H3,(H,38,41)/b30-18+/t32-/m0/s1. The van der Waals surface area contributed by atoms with Gasteiger partial charge in [-0.2, -0.15) is 5.26 Å². The Hall–Kier alpha value is -5.30. The first-order chi connectivity index (χ1) is 21.5. The first kappa shape index (κ1) is 27.5. The summed E-state index contributed by atoms with van der Waals surface area (Å²) in [6.07, 6.45) is 3.94. The second kappa shape index (κ2) is 11.4. The van der Waals surface area contributed by atoms with Crippen LogP contribution in [0.4, 0.5) is 5.69 Å². The number of carbonyl (C=O) groups is 1. The van der Waals surface area contributed by atoms with E-state index in [4.69, 9.17) is 4.99 Å². The molecule has 0 unspecified atom stereocenters. The van der Waals surface area contributed by atoms with Crippen molar-refractivity contribution in [3.8, 4) is 6.07 Å². The van der Waals surface area contributed by atoms with E-state index >= 15 is 0 Å². The number of nitrogens with zero attached hydrogens (tertiary/aromatic N) is 4. The summed E-state index contributed by atoms with van der Waals surface area (Å²) in [5, 5.41) is 15.6. The highest BCUT2D eigenvalue weighted by molar-refractivity contribution is 7.10. The minimum Gasteiger partial charge on any atom is -0.342 e. The molecule has 44 heavy (non-hydrogen) atoms. The largest absolute Gasteiger partial charge is 0.342 e. The molecule has 3 aromatic heterocycles. The van der Waals surface area contributed by atoms with Crippen molar-refractivity contribution in [2.45, 2.75) is 19.5 Å². The number of para-hydroxylation sites is 2. The van der Waals surface area contributed by atoms with E-state index in [2.05, 4.69) is 16.0 Å². The van der Waals surface area contributed by atoms with Crippen LogP contribution >= 0.6 is 22.7 Å². The van der Waals surface area contributed by atoms with Crippen molar-refractivity contribution in [3.05, 3.63) is 155 Å². The van der Waals surface area contributed by atoms with Crippen LogP contribution in [0.5, 0.6) is 0 Å². The second-order valence-electron chi connectivity index (χ2n) is 10.4. The molecule has 0 spiro atoms. The van der Waals surface area contributed by atoms with Gasteiger partial charge in [-0.25, -0.2) is 4.99 Å². The number of benzene rings is 3. The van der Waals surface area contributed by atoms with Gasteiger partial charge < -0.3 is 9.88 Å². The summed E-state index contributed by atoms with van der Waals surface area (Å²) in [6, 6.07) is 30.5. The van der Waals surface area contributed by atoms with Gasteiger partial charge in [0.1, 0.15) is 6.04 Å². The number of amides is 1. The summed E-state index contributed by atoms with van der Waals surface area (Å²) in [5.74, 6) is -0.286. The third-order valence-corrected chi connectivity index (χ3v) is 9.60. The fourth-order valence-corrected chi connectivity index (χ4v) is 7.52. The van der Waals surface area contributed by atoms with Crippen molar-refractivity contribution >= 4 is 51.2 Å². The van der Waals surface area contributed by atoms with Gasteiger partial charge in [-0.05, 0) is 54.3 Å². The normalized spacial score (nSPS) is 14.7. The number of hydrogen-bond acceptors (Lipinski definition) is 6. The molecular formula is C35H25N5O2S2. The molecule has 3 aromatic carbocycles. The summed E-state index contributed by atoms with van der Waals surface area (Å²) in [4.78, 5) is 34.1. The fraction of sp³-hybridized carbons (Fsp3) is 0.0857. The zero-order chi connectivity index (χ0) is 30.2. The summed E-state index contributed by atoms with van der Waals surface area (Å²) in [6.45, 7) is 2.35. The molecule has 0 radical (unpaired) electrons. The molecule has 6 aromatic rings. The predicted octanol–water partition coefficient (Wildman–Crippen LogP) is 5.81. The lowest BCUT2D eigenvalue weighted by Gasteiger charge is -2.24. The molecule has 4 heterocycles. The van der Waals surface area contributed by atoms with E-state index in [9.17, 15) is 14.9 Å². The Morgan fingerprint density at radius 3 is 2.59 bits per heavy atom. The Morgan fingerprint density at radius 2 is 1.80 bits per heavy atom. The quantitative estimate of drug-likeness (QED) is 0.258. The van der Waals surface area contributed by atoms with Crippen LogP contribution in [0, 0.1) is 11.3 Å². The Balaban J connectivity index is 1.34. The number of nitriles is 1. The summed E-state index contributed by atoms with van der Waals surface area (Å²) >= 11 is 2.83. The summed E-state index contributed by atoms with van der Waals surface area (Å²) in [7, 11) is 0. The van der Waals surface area contributed by atoms with Gasteiger partial charge in [-0.15, -0.1) is 11.3 Å². The number of thiazole rings is 1. The number of fused-ring (bicyclic) bond motifs is 2. The number of nitrogens with one attached hydrogen (secondary N) is 1. The monoisotopic (exact) mass is 611 g/mol. The lowest BCUT2D eigenvalue weighted by Crippen LogP contribution is -2.40. The van der Waals surface area contributed by atoms with E-state index in [-0.39, 0.29) is 11.5 Å². The Kier molecular flexibility index (Phi) is 7.14. The lowest BCUT2D eigenvalue weighted by molar-refractivity contribution is -0.113. The molecule has 7 nitrogen and oxygen atoms in total. The van der Waals surface area contributed by atoms with Crippen LogP contribution in [0.2, 0.25) is 0 Å². The van der Waals surface area contributed by atoms with Gasteiger partial charge >= 0.3 is 0 Å². The van der Waals surface area contributed by atoms with Crippen LogP contribution in [-0.4, -0.2) is 15.0 Å². The first-order valence-electron chi connectivity index (χ1n) is 14.0. The van der Waals surface area contributed by atoms with Crippen LogP contribution in [0.15, 0.2) is 124 Å². The maximum absolute atomic E-state index is 14.2. The van der Waals surface area contributed by atoms with Crippen LogP contribution in [0.3, 0.4) is 0 Å². The van der Waals surface area contributed by atoms with Gasteiger partial charge in [0.05, 0.1) is 27.4 Å². The molecule has 0 fully saturated rings. The maximum atomic E-state index is 14.2. The van der Waals surface area contributed by atoms with Crippen LogP contribution in [0.25, 0.3) is 17.0 Å². The lowest BCUT2D eigenvalue weighted by atomic mass is 10.0. The average Bonchev–Trinajstić information content (AvgIpc) is 3.77. The first-order valence-corrected chi connectivity index (χ1v) is 15.7. The van der Waals surface area contributed by atoms with Gasteiger partial charge in [0, 0.05) is 39.8 Å². The van der Waals surface area contributed by atoms with Crippen molar-refractivity contribution in [3.63, 3.8) is 0 Å². The predicted molar refractivity (Wildman–Crippen MR) is 175 cm³/mol. The van der Waals surface area contributed by atoms with E-state index in [1.165, 1.54) is 22.7 Å². The molecule has 1 amide bonds. The molecule has 0 aliphatic carbocycles.